The van der Waals surface area contributed by atoms with Crippen LogP contribution in [0.4, 0.5) is 0 Å². The van der Waals surface area contributed by atoms with Crippen LogP contribution in [0.3, 0.4) is 0 Å². The molecule has 3 nitrogen and oxygen atoms in total. The molecule has 74 valence electrons. The molecule has 1 aromatic carbocycles. The van der Waals surface area contributed by atoms with Gasteiger partial charge in [-0.05, 0) is 25.5 Å². The van der Waals surface area contributed by atoms with Crippen molar-refractivity contribution < 1.29 is 5.11 Å². The SMILES string of the molecule is CCC(C)(O)c1nc2ccccc2[nH]1. The topological polar surface area (TPSA) is 48.9 Å². The number of imidazole rings is 1. The molecule has 3 heteroatoms. The lowest BCUT2D eigenvalue weighted by Crippen LogP contribution is -2.21. The highest BCUT2D eigenvalue weighted by Crippen LogP contribution is 2.23. The first-order valence-electron chi connectivity index (χ1n) is 4.81. The van der Waals surface area contributed by atoms with Gasteiger partial charge in [-0.2, -0.15) is 0 Å². The highest BCUT2D eigenvalue weighted by atomic mass is 16.3. The van der Waals surface area contributed by atoms with Crippen LogP contribution in [-0.2, 0) is 5.60 Å². The van der Waals surface area contributed by atoms with Crippen molar-refractivity contribution in [2.24, 2.45) is 0 Å². The summed E-state index contributed by atoms with van der Waals surface area (Å²) < 4.78 is 0. The molecule has 0 aliphatic carbocycles. The molecule has 0 aliphatic rings. The molecule has 0 bridgehead atoms. The van der Waals surface area contributed by atoms with Gasteiger partial charge in [0.05, 0.1) is 11.0 Å². The monoisotopic (exact) mass is 190 g/mol. The van der Waals surface area contributed by atoms with Gasteiger partial charge in [-0.3, -0.25) is 0 Å². The molecule has 2 N–H and O–H groups in total. The Morgan fingerprint density at radius 1 is 1.43 bits per heavy atom. The first kappa shape index (κ1) is 9.21. The van der Waals surface area contributed by atoms with Gasteiger partial charge >= 0.3 is 0 Å². The number of rotatable bonds is 2. The molecule has 1 unspecified atom stereocenters. The minimum absolute atomic E-state index is 0.640. The van der Waals surface area contributed by atoms with E-state index in [1.807, 2.05) is 31.2 Å². The van der Waals surface area contributed by atoms with Crippen molar-refractivity contribution in [1.29, 1.82) is 0 Å². The predicted molar refractivity (Wildman–Crippen MR) is 56.0 cm³/mol. The van der Waals surface area contributed by atoms with Crippen LogP contribution in [0.25, 0.3) is 11.0 Å². The Labute approximate surface area is 82.8 Å². The summed E-state index contributed by atoms with van der Waals surface area (Å²) in [5, 5.41) is 10.0. The maximum atomic E-state index is 10.0. The quantitative estimate of drug-likeness (QED) is 0.762. The standard InChI is InChI=1S/C11H14N2O/c1-3-11(2,14)10-12-8-6-4-5-7-9(8)13-10/h4-7,14H,3H2,1-2H3,(H,12,13). The van der Waals surface area contributed by atoms with Crippen molar-refractivity contribution in [2.45, 2.75) is 25.9 Å². The number of aromatic nitrogens is 2. The first-order valence-corrected chi connectivity index (χ1v) is 4.81. The Hall–Kier alpha value is -1.35. The van der Waals surface area contributed by atoms with Crippen molar-refractivity contribution in [3.63, 3.8) is 0 Å². The minimum atomic E-state index is -0.862. The second-order valence-corrected chi connectivity index (χ2v) is 3.73. The summed E-state index contributed by atoms with van der Waals surface area (Å²) in [7, 11) is 0. The lowest BCUT2D eigenvalue weighted by Gasteiger charge is -2.17. The van der Waals surface area contributed by atoms with Gasteiger partial charge in [-0.1, -0.05) is 19.1 Å². The van der Waals surface area contributed by atoms with Crippen LogP contribution >= 0.6 is 0 Å². The smallest absolute Gasteiger partial charge is 0.139 e. The third-order valence-electron chi connectivity index (χ3n) is 2.59. The van der Waals surface area contributed by atoms with Crippen LogP contribution in [-0.4, -0.2) is 15.1 Å². The molecule has 0 radical (unpaired) electrons. The number of nitrogens with zero attached hydrogens (tertiary/aromatic N) is 1. The van der Waals surface area contributed by atoms with Gasteiger partial charge in [0.2, 0.25) is 0 Å². The number of benzene rings is 1. The zero-order valence-corrected chi connectivity index (χ0v) is 8.41. The molecule has 2 rings (SSSR count). The van der Waals surface area contributed by atoms with Gasteiger partial charge in [-0.25, -0.2) is 4.98 Å². The van der Waals surface area contributed by atoms with E-state index in [4.69, 9.17) is 0 Å². The lowest BCUT2D eigenvalue weighted by atomic mass is 10.0. The molecule has 1 atom stereocenters. The summed E-state index contributed by atoms with van der Waals surface area (Å²) in [4.78, 5) is 7.48. The number of fused-ring (bicyclic) bond motifs is 1. The molecular formula is C11H14N2O. The van der Waals surface area contributed by atoms with E-state index in [9.17, 15) is 5.11 Å². The fourth-order valence-electron chi connectivity index (χ4n) is 1.38. The van der Waals surface area contributed by atoms with E-state index in [0.29, 0.717) is 12.2 Å². The highest BCUT2D eigenvalue weighted by Gasteiger charge is 2.24. The van der Waals surface area contributed by atoms with Gasteiger partial charge in [0.25, 0.3) is 0 Å². The van der Waals surface area contributed by atoms with Crippen LogP contribution in [0.1, 0.15) is 26.1 Å². The Bertz CT molecular complexity index is 412. The first-order chi connectivity index (χ1) is 6.63. The normalized spacial score (nSPS) is 15.6. The molecule has 1 heterocycles. The molecule has 0 spiro atoms. The van der Waals surface area contributed by atoms with Crippen LogP contribution in [0.15, 0.2) is 24.3 Å². The van der Waals surface area contributed by atoms with Crippen molar-refractivity contribution in [1.82, 2.24) is 9.97 Å². The van der Waals surface area contributed by atoms with Gasteiger partial charge < -0.3 is 10.1 Å². The van der Waals surface area contributed by atoms with Crippen LogP contribution in [0, 0.1) is 0 Å². The van der Waals surface area contributed by atoms with Crippen molar-refractivity contribution >= 4 is 11.0 Å². The molecular weight excluding hydrogens is 176 g/mol. The predicted octanol–water partition coefficient (Wildman–Crippen LogP) is 2.18. The Morgan fingerprint density at radius 3 is 2.79 bits per heavy atom. The van der Waals surface area contributed by atoms with Crippen molar-refractivity contribution in [3.05, 3.63) is 30.1 Å². The average molecular weight is 190 g/mol. The van der Waals surface area contributed by atoms with Gasteiger partial charge in [0.1, 0.15) is 11.4 Å². The molecule has 14 heavy (non-hydrogen) atoms. The summed E-state index contributed by atoms with van der Waals surface area (Å²) in [5.41, 5.74) is 1.01. The van der Waals surface area contributed by atoms with Gasteiger partial charge in [-0.15, -0.1) is 0 Å². The zero-order valence-electron chi connectivity index (χ0n) is 8.41. The summed E-state index contributed by atoms with van der Waals surface area (Å²) in [5.74, 6) is 0.640. The van der Waals surface area contributed by atoms with E-state index in [1.165, 1.54) is 0 Å². The Kier molecular flexibility index (Phi) is 2.04. The maximum absolute atomic E-state index is 10.0. The van der Waals surface area contributed by atoms with Crippen LogP contribution in [0.5, 0.6) is 0 Å². The second kappa shape index (κ2) is 3.10. The maximum Gasteiger partial charge on any atom is 0.139 e. The van der Waals surface area contributed by atoms with Crippen molar-refractivity contribution in [3.8, 4) is 0 Å². The van der Waals surface area contributed by atoms with E-state index in [1.54, 1.807) is 6.92 Å². The van der Waals surface area contributed by atoms with Crippen LogP contribution in [0.2, 0.25) is 0 Å². The molecule has 0 saturated heterocycles. The van der Waals surface area contributed by atoms with E-state index in [-0.39, 0.29) is 0 Å². The fourth-order valence-corrected chi connectivity index (χ4v) is 1.38. The lowest BCUT2D eigenvalue weighted by molar-refractivity contribution is 0.0448. The molecule has 0 amide bonds. The number of aliphatic hydroxyl groups is 1. The van der Waals surface area contributed by atoms with E-state index >= 15 is 0 Å². The van der Waals surface area contributed by atoms with E-state index in [0.717, 1.165) is 11.0 Å². The number of nitrogens with one attached hydrogen (secondary N) is 1. The fraction of sp³-hybridized carbons (Fsp3) is 0.364. The zero-order chi connectivity index (χ0) is 10.2. The molecule has 2 aromatic rings. The highest BCUT2D eigenvalue weighted by molar-refractivity contribution is 5.74. The summed E-state index contributed by atoms with van der Waals surface area (Å²) >= 11 is 0. The summed E-state index contributed by atoms with van der Waals surface area (Å²) in [6.45, 7) is 3.71. The van der Waals surface area contributed by atoms with Gasteiger partial charge in [0.15, 0.2) is 0 Å². The second-order valence-electron chi connectivity index (χ2n) is 3.73. The van der Waals surface area contributed by atoms with Gasteiger partial charge in [0, 0.05) is 0 Å². The molecule has 0 fully saturated rings. The van der Waals surface area contributed by atoms with E-state index in [2.05, 4.69) is 9.97 Å². The number of aromatic amines is 1. The third-order valence-corrected chi connectivity index (χ3v) is 2.59. The number of hydrogen-bond donors (Lipinski definition) is 2. The van der Waals surface area contributed by atoms with Crippen molar-refractivity contribution in [2.75, 3.05) is 0 Å². The Morgan fingerprint density at radius 2 is 2.14 bits per heavy atom. The largest absolute Gasteiger partial charge is 0.382 e. The van der Waals surface area contributed by atoms with E-state index < -0.39 is 5.60 Å². The molecule has 0 aliphatic heterocycles. The minimum Gasteiger partial charge on any atom is -0.382 e. The number of para-hydroxylation sites is 2. The molecule has 0 saturated carbocycles. The molecule has 1 aromatic heterocycles. The third kappa shape index (κ3) is 1.40. The number of hydrogen-bond acceptors (Lipinski definition) is 2. The number of H-pyrrole nitrogens is 1. The summed E-state index contributed by atoms with van der Waals surface area (Å²) in [6.07, 6.45) is 0.646. The average Bonchev–Trinajstić information content (AvgIpc) is 2.61. The Balaban J connectivity index is 2.55. The summed E-state index contributed by atoms with van der Waals surface area (Å²) in [6, 6.07) is 7.78. The van der Waals surface area contributed by atoms with Crippen LogP contribution < -0.4 is 0 Å².